The Labute approximate surface area is 201 Å². The van der Waals surface area contributed by atoms with E-state index in [1.54, 1.807) is 0 Å². The van der Waals surface area contributed by atoms with Crippen LogP contribution in [0.25, 0.3) is 60.6 Å². The van der Waals surface area contributed by atoms with Crippen LogP contribution < -0.4 is 0 Å². The van der Waals surface area contributed by atoms with Gasteiger partial charge >= 0.3 is 0 Å². The van der Waals surface area contributed by atoms with E-state index < -0.39 is 0 Å². The zero-order valence-corrected chi connectivity index (χ0v) is 18.9. The molecule has 3 heteroatoms. The summed E-state index contributed by atoms with van der Waals surface area (Å²) in [4.78, 5) is 9.56. The first kappa shape index (κ1) is 17.9. The van der Waals surface area contributed by atoms with Crippen molar-refractivity contribution < 1.29 is 0 Å². The van der Waals surface area contributed by atoms with Crippen molar-refractivity contribution in [3.8, 4) is 22.3 Å². The maximum Gasteiger partial charge on any atom is 0.146 e. The lowest BCUT2D eigenvalue weighted by atomic mass is 9.96. The summed E-state index contributed by atoms with van der Waals surface area (Å²) in [6.45, 7) is 0. The van der Waals surface area contributed by atoms with E-state index in [4.69, 9.17) is 4.98 Å². The van der Waals surface area contributed by atoms with Crippen LogP contribution in [0.3, 0.4) is 0 Å². The van der Waals surface area contributed by atoms with Crippen molar-refractivity contribution in [1.29, 1.82) is 0 Å². The highest BCUT2D eigenvalue weighted by Crippen LogP contribution is 2.48. The van der Waals surface area contributed by atoms with E-state index in [1.807, 2.05) is 12.4 Å². The Balaban J connectivity index is 1.38. The molecule has 3 nitrogen and oxygen atoms in total. The molecule has 0 spiro atoms. The quantitative estimate of drug-likeness (QED) is 0.229. The molecule has 0 unspecified atom stereocenters. The standard InChI is InChI=1S/C32H19N3/c1-2-6-20-18(5-1)13-25-21(20)9-10-22-24-16-27-23-11-12-33-17-31(23)35-30-8-4-3-7-29(30)34-32(35)28(27)15-19(24)14-26(22)25/h1-12,15-17H,13-14H2. The molecule has 0 fully saturated rings. The summed E-state index contributed by atoms with van der Waals surface area (Å²) in [6.07, 6.45) is 5.89. The largest absolute Gasteiger partial charge is 0.290 e. The molecule has 3 aromatic heterocycles. The van der Waals surface area contributed by atoms with E-state index in [-0.39, 0.29) is 0 Å². The van der Waals surface area contributed by atoms with Crippen molar-refractivity contribution in [2.75, 3.05) is 0 Å². The number of benzene rings is 4. The molecule has 9 rings (SSSR count). The maximum absolute atomic E-state index is 5.09. The van der Waals surface area contributed by atoms with Crippen molar-refractivity contribution in [1.82, 2.24) is 14.4 Å². The molecule has 0 amide bonds. The van der Waals surface area contributed by atoms with Crippen molar-refractivity contribution >= 4 is 38.4 Å². The zero-order chi connectivity index (χ0) is 22.7. The van der Waals surface area contributed by atoms with Gasteiger partial charge in [-0.3, -0.25) is 9.38 Å². The summed E-state index contributed by atoms with van der Waals surface area (Å²) in [6, 6.07) is 28.9. The zero-order valence-electron chi connectivity index (χ0n) is 18.9. The average Bonchev–Trinajstić information content (AvgIpc) is 3.59. The van der Waals surface area contributed by atoms with Crippen LogP contribution in [0.4, 0.5) is 0 Å². The number of para-hydroxylation sites is 2. The van der Waals surface area contributed by atoms with Gasteiger partial charge in [0.25, 0.3) is 0 Å². The van der Waals surface area contributed by atoms with Gasteiger partial charge in [0, 0.05) is 17.0 Å². The van der Waals surface area contributed by atoms with Crippen LogP contribution in [0.5, 0.6) is 0 Å². The fourth-order valence-electron chi connectivity index (χ4n) is 6.61. The van der Waals surface area contributed by atoms with Gasteiger partial charge in [0.2, 0.25) is 0 Å². The molecule has 162 valence electrons. The molecule has 0 atom stereocenters. The molecule has 3 heterocycles. The Morgan fingerprint density at radius 3 is 2.34 bits per heavy atom. The van der Waals surface area contributed by atoms with E-state index in [9.17, 15) is 0 Å². The summed E-state index contributed by atoms with van der Waals surface area (Å²) in [7, 11) is 0. The summed E-state index contributed by atoms with van der Waals surface area (Å²) < 4.78 is 2.28. The molecule has 2 aliphatic carbocycles. The minimum absolute atomic E-state index is 0.985. The van der Waals surface area contributed by atoms with Crippen LogP contribution in [-0.2, 0) is 12.8 Å². The minimum Gasteiger partial charge on any atom is -0.290 e. The van der Waals surface area contributed by atoms with Crippen LogP contribution >= 0.6 is 0 Å². The number of pyridine rings is 2. The fraction of sp³-hybridized carbons (Fsp3) is 0.0625. The normalized spacial score (nSPS) is 13.5. The number of hydrogen-bond acceptors (Lipinski definition) is 2. The van der Waals surface area contributed by atoms with Gasteiger partial charge in [-0.2, -0.15) is 0 Å². The third-order valence-corrected chi connectivity index (χ3v) is 8.14. The van der Waals surface area contributed by atoms with E-state index in [0.29, 0.717) is 0 Å². The molecule has 0 saturated carbocycles. The van der Waals surface area contributed by atoms with Crippen molar-refractivity contribution in [3.05, 3.63) is 114 Å². The summed E-state index contributed by atoms with van der Waals surface area (Å²) in [5.41, 5.74) is 15.7. The molecule has 4 aromatic carbocycles. The second-order valence-corrected chi connectivity index (χ2v) is 9.84. The van der Waals surface area contributed by atoms with Crippen LogP contribution in [0.2, 0.25) is 0 Å². The van der Waals surface area contributed by atoms with Crippen molar-refractivity contribution in [3.63, 3.8) is 0 Å². The Morgan fingerprint density at radius 1 is 0.600 bits per heavy atom. The second kappa shape index (κ2) is 6.13. The minimum atomic E-state index is 0.985. The summed E-state index contributed by atoms with van der Waals surface area (Å²) in [5.74, 6) is 0. The topological polar surface area (TPSA) is 30.2 Å². The maximum atomic E-state index is 5.09. The molecule has 0 saturated heterocycles. The third kappa shape index (κ3) is 2.17. The lowest BCUT2D eigenvalue weighted by Gasteiger charge is -2.11. The van der Waals surface area contributed by atoms with Gasteiger partial charge in [-0.15, -0.1) is 0 Å². The molecule has 0 bridgehead atoms. The monoisotopic (exact) mass is 445 g/mol. The van der Waals surface area contributed by atoms with Crippen LogP contribution in [0.1, 0.15) is 22.3 Å². The van der Waals surface area contributed by atoms with Crippen LogP contribution in [0.15, 0.2) is 91.3 Å². The molecule has 2 aliphatic rings. The van der Waals surface area contributed by atoms with Gasteiger partial charge in [0.1, 0.15) is 5.65 Å². The lowest BCUT2D eigenvalue weighted by molar-refractivity contribution is 1.16. The van der Waals surface area contributed by atoms with E-state index in [0.717, 1.165) is 35.0 Å². The highest BCUT2D eigenvalue weighted by Gasteiger charge is 2.28. The third-order valence-electron chi connectivity index (χ3n) is 8.14. The van der Waals surface area contributed by atoms with Crippen LogP contribution in [-0.4, -0.2) is 14.4 Å². The SMILES string of the molecule is c1ccc2c(c1)Cc1c-2ccc2c1Cc1cc3c(cc1-2)c1ccncc1n1c2ccccc2nc31. The Morgan fingerprint density at radius 2 is 1.40 bits per heavy atom. The molecule has 35 heavy (non-hydrogen) atoms. The predicted molar refractivity (Wildman–Crippen MR) is 142 cm³/mol. The average molecular weight is 446 g/mol. The van der Waals surface area contributed by atoms with E-state index >= 15 is 0 Å². The molecule has 7 aromatic rings. The van der Waals surface area contributed by atoms with Crippen LogP contribution in [0, 0.1) is 0 Å². The smallest absolute Gasteiger partial charge is 0.146 e. The van der Waals surface area contributed by atoms with Crippen molar-refractivity contribution in [2.24, 2.45) is 0 Å². The molecular weight excluding hydrogens is 426 g/mol. The number of imidazole rings is 1. The Bertz CT molecular complexity index is 2060. The highest BCUT2D eigenvalue weighted by atomic mass is 15.0. The predicted octanol–water partition coefficient (Wildman–Crippen LogP) is 7.33. The second-order valence-electron chi connectivity index (χ2n) is 9.84. The molecule has 0 N–H and O–H groups in total. The first-order valence-electron chi connectivity index (χ1n) is 12.2. The molecule has 0 aliphatic heterocycles. The first-order valence-corrected chi connectivity index (χ1v) is 12.2. The highest BCUT2D eigenvalue weighted by molar-refractivity contribution is 6.15. The first-order chi connectivity index (χ1) is 17.3. The Kier molecular flexibility index (Phi) is 3.14. The van der Waals surface area contributed by atoms with Gasteiger partial charge in [-0.05, 0) is 93.1 Å². The number of hydrogen-bond donors (Lipinski definition) is 0. The number of aromatic nitrogens is 3. The number of nitrogens with zero attached hydrogens (tertiary/aromatic N) is 3. The van der Waals surface area contributed by atoms with Gasteiger partial charge in [-0.1, -0.05) is 48.5 Å². The number of rotatable bonds is 0. The lowest BCUT2D eigenvalue weighted by Crippen LogP contribution is -1.93. The van der Waals surface area contributed by atoms with Gasteiger partial charge in [0.15, 0.2) is 0 Å². The van der Waals surface area contributed by atoms with Crippen molar-refractivity contribution in [2.45, 2.75) is 12.8 Å². The van der Waals surface area contributed by atoms with E-state index in [1.165, 1.54) is 60.7 Å². The van der Waals surface area contributed by atoms with Gasteiger partial charge in [-0.25, -0.2) is 4.98 Å². The fourth-order valence-corrected chi connectivity index (χ4v) is 6.61. The van der Waals surface area contributed by atoms with Gasteiger partial charge < -0.3 is 0 Å². The molecule has 0 radical (unpaired) electrons. The number of fused-ring (bicyclic) bond motifs is 15. The Hall–Kier alpha value is -4.50. The summed E-state index contributed by atoms with van der Waals surface area (Å²) >= 11 is 0. The van der Waals surface area contributed by atoms with Gasteiger partial charge in [0.05, 0.1) is 22.7 Å². The summed E-state index contributed by atoms with van der Waals surface area (Å²) in [5, 5.41) is 3.68. The molecular formula is C32H19N3. The van der Waals surface area contributed by atoms with E-state index in [2.05, 4.69) is 88.2 Å².